The van der Waals surface area contributed by atoms with E-state index >= 15 is 0 Å². The van der Waals surface area contributed by atoms with Crippen molar-refractivity contribution in [3.63, 3.8) is 0 Å². The Bertz CT molecular complexity index is 1320. The van der Waals surface area contributed by atoms with Crippen LogP contribution in [0.4, 0.5) is 10.1 Å². The van der Waals surface area contributed by atoms with Crippen LogP contribution in [0.25, 0.3) is 11.1 Å². The highest BCUT2D eigenvalue weighted by atomic mass is 32.1. The van der Waals surface area contributed by atoms with Crippen LogP contribution in [0, 0.1) is 5.82 Å². The second-order valence-electron chi connectivity index (χ2n) is 8.27. The number of phenolic OH excluding ortho intramolecular Hbond substituents is 2. The molecular weight excluding hydrogens is 479 g/mol. The molecule has 184 valence electrons. The fraction of sp³-hybridized carbons (Fsp3) is 0.143. The summed E-state index contributed by atoms with van der Waals surface area (Å²) in [6.07, 6.45) is 3.26. The quantitative estimate of drug-likeness (QED) is 0.215. The van der Waals surface area contributed by atoms with Crippen LogP contribution in [-0.2, 0) is 4.79 Å². The summed E-state index contributed by atoms with van der Waals surface area (Å²) in [5, 5.41) is 28.7. The standard InChI is InChI=1S/C20H16N2O3.C8H9FOS/c23-16-7-8-17(19(24)10-16)18-11-20(25)22(18)15-5-3-13(4-6-15)14-2-1-9-21-12-14;9-7-3-1-6(2-4-7)8(10)5-11/h1-10,12,18,23-24H,11H2;1-4,8,10-11H,5H2. The number of anilines is 1. The predicted molar refractivity (Wildman–Crippen MR) is 140 cm³/mol. The maximum Gasteiger partial charge on any atom is 0.230 e. The zero-order valence-electron chi connectivity index (χ0n) is 19.2. The van der Waals surface area contributed by atoms with E-state index in [1.165, 1.54) is 24.3 Å². The van der Waals surface area contributed by atoms with Gasteiger partial charge < -0.3 is 20.2 Å². The number of pyridine rings is 1. The molecule has 3 N–H and O–H groups in total. The zero-order valence-corrected chi connectivity index (χ0v) is 20.1. The number of phenols is 2. The molecule has 2 heterocycles. The third-order valence-electron chi connectivity index (χ3n) is 5.89. The van der Waals surface area contributed by atoms with Gasteiger partial charge in [0.05, 0.1) is 18.6 Å². The number of rotatable bonds is 5. The first-order valence-electron chi connectivity index (χ1n) is 11.3. The third-order valence-corrected chi connectivity index (χ3v) is 6.24. The van der Waals surface area contributed by atoms with Crippen molar-refractivity contribution in [1.82, 2.24) is 4.98 Å². The number of aromatic hydroxyl groups is 2. The Morgan fingerprint density at radius 3 is 2.31 bits per heavy atom. The number of amides is 1. The van der Waals surface area contributed by atoms with E-state index in [2.05, 4.69) is 17.6 Å². The molecule has 0 bridgehead atoms. The number of halogens is 1. The summed E-state index contributed by atoms with van der Waals surface area (Å²) in [7, 11) is 0. The van der Waals surface area contributed by atoms with Gasteiger partial charge in [0, 0.05) is 35.5 Å². The van der Waals surface area contributed by atoms with Gasteiger partial charge in [-0.15, -0.1) is 0 Å². The van der Waals surface area contributed by atoms with E-state index in [4.69, 9.17) is 0 Å². The summed E-state index contributed by atoms with van der Waals surface area (Å²) in [5.41, 5.74) is 4.14. The summed E-state index contributed by atoms with van der Waals surface area (Å²) >= 11 is 3.91. The van der Waals surface area contributed by atoms with Crippen LogP contribution in [0.5, 0.6) is 11.5 Å². The molecule has 8 heteroatoms. The Labute approximate surface area is 213 Å². The number of nitrogens with zero attached hydrogens (tertiary/aromatic N) is 2. The fourth-order valence-corrected chi connectivity index (χ4v) is 4.15. The average molecular weight is 505 g/mol. The fourth-order valence-electron chi connectivity index (χ4n) is 3.94. The van der Waals surface area contributed by atoms with E-state index in [1.807, 2.05) is 36.4 Å². The van der Waals surface area contributed by atoms with E-state index in [1.54, 1.807) is 35.5 Å². The van der Waals surface area contributed by atoms with Gasteiger partial charge in [0.25, 0.3) is 0 Å². The summed E-state index contributed by atoms with van der Waals surface area (Å²) in [4.78, 5) is 17.9. The first kappa shape index (κ1) is 25.2. The molecule has 1 saturated heterocycles. The zero-order chi connectivity index (χ0) is 25.7. The van der Waals surface area contributed by atoms with Crippen molar-refractivity contribution in [2.24, 2.45) is 0 Å². The van der Waals surface area contributed by atoms with Gasteiger partial charge in [0.2, 0.25) is 5.91 Å². The average Bonchev–Trinajstić information content (AvgIpc) is 2.89. The Morgan fingerprint density at radius 1 is 1.00 bits per heavy atom. The molecule has 0 spiro atoms. The van der Waals surface area contributed by atoms with Crippen molar-refractivity contribution in [2.75, 3.05) is 10.7 Å². The van der Waals surface area contributed by atoms with Crippen molar-refractivity contribution in [2.45, 2.75) is 18.6 Å². The SMILES string of the molecule is O=C1CC(c2ccc(O)cc2O)N1c1ccc(-c2cccnc2)cc1.OC(CS)c1ccc(F)cc1. The molecule has 36 heavy (non-hydrogen) atoms. The minimum Gasteiger partial charge on any atom is -0.508 e. The Kier molecular flexibility index (Phi) is 7.87. The maximum absolute atomic E-state index is 12.4. The molecule has 1 fully saturated rings. The first-order valence-corrected chi connectivity index (χ1v) is 11.9. The van der Waals surface area contributed by atoms with Crippen LogP contribution in [0.2, 0.25) is 0 Å². The molecule has 6 nitrogen and oxygen atoms in total. The van der Waals surface area contributed by atoms with E-state index < -0.39 is 6.10 Å². The smallest absolute Gasteiger partial charge is 0.230 e. The van der Waals surface area contributed by atoms with Crippen molar-refractivity contribution < 1.29 is 24.5 Å². The lowest BCUT2D eigenvalue weighted by atomic mass is 9.92. The van der Waals surface area contributed by atoms with Gasteiger partial charge in [0.15, 0.2) is 0 Å². The van der Waals surface area contributed by atoms with E-state index in [-0.39, 0.29) is 29.3 Å². The van der Waals surface area contributed by atoms with Crippen LogP contribution in [0.1, 0.15) is 29.7 Å². The molecule has 1 aliphatic heterocycles. The molecule has 5 rings (SSSR count). The van der Waals surface area contributed by atoms with E-state index in [0.29, 0.717) is 23.3 Å². The molecule has 1 aliphatic rings. The van der Waals surface area contributed by atoms with Gasteiger partial charge in [0.1, 0.15) is 17.3 Å². The highest BCUT2D eigenvalue weighted by Crippen LogP contribution is 2.43. The van der Waals surface area contributed by atoms with Crippen LogP contribution < -0.4 is 4.90 Å². The number of thiol groups is 1. The highest BCUT2D eigenvalue weighted by Gasteiger charge is 2.39. The number of benzene rings is 3. The lowest BCUT2D eigenvalue weighted by molar-refractivity contribution is -0.124. The highest BCUT2D eigenvalue weighted by molar-refractivity contribution is 7.80. The minimum atomic E-state index is -0.598. The van der Waals surface area contributed by atoms with Crippen molar-refractivity contribution >= 4 is 24.2 Å². The predicted octanol–water partition coefficient (Wildman–Crippen LogP) is 5.43. The van der Waals surface area contributed by atoms with Gasteiger partial charge in [-0.05, 0) is 59.2 Å². The van der Waals surface area contributed by atoms with Crippen molar-refractivity contribution in [1.29, 1.82) is 0 Å². The number of hydrogen-bond acceptors (Lipinski definition) is 6. The van der Waals surface area contributed by atoms with Crippen LogP contribution in [0.3, 0.4) is 0 Å². The first-order chi connectivity index (χ1) is 17.4. The van der Waals surface area contributed by atoms with E-state index in [9.17, 15) is 24.5 Å². The number of carbonyl (C=O) groups is 1. The lowest BCUT2D eigenvalue weighted by Crippen LogP contribution is -2.46. The number of aliphatic hydroxyl groups is 1. The summed E-state index contributed by atoms with van der Waals surface area (Å²) in [6, 6.07) is 21.5. The molecule has 4 aromatic rings. The molecule has 1 aromatic heterocycles. The molecule has 2 unspecified atom stereocenters. The van der Waals surface area contributed by atoms with Gasteiger partial charge in [-0.1, -0.05) is 30.3 Å². The summed E-state index contributed by atoms with van der Waals surface area (Å²) < 4.78 is 12.4. The lowest BCUT2D eigenvalue weighted by Gasteiger charge is -2.41. The van der Waals surface area contributed by atoms with Crippen molar-refractivity contribution in [3.05, 3.63) is 108 Å². The topological polar surface area (TPSA) is 93.9 Å². The number of β-lactam (4-membered cyclic amide) rings is 1. The third kappa shape index (κ3) is 5.67. The van der Waals surface area contributed by atoms with Crippen molar-refractivity contribution in [3.8, 4) is 22.6 Å². The largest absolute Gasteiger partial charge is 0.508 e. The van der Waals surface area contributed by atoms with Gasteiger partial charge in [-0.2, -0.15) is 12.6 Å². The molecule has 0 radical (unpaired) electrons. The molecule has 1 amide bonds. The van der Waals surface area contributed by atoms with Gasteiger partial charge >= 0.3 is 0 Å². The number of aromatic nitrogens is 1. The molecular formula is C28H25FN2O4S. The second kappa shape index (κ2) is 11.2. The number of carbonyl (C=O) groups excluding carboxylic acids is 1. The normalized spacial score (nSPS) is 15.5. The molecule has 0 saturated carbocycles. The van der Waals surface area contributed by atoms with E-state index in [0.717, 1.165) is 16.8 Å². The van der Waals surface area contributed by atoms with Crippen LogP contribution >= 0.6 is 12.6 Å². The molecule has 3 aromatic carbocycles. The van der Waals surface area contributed by atoms with Crippen LogP contribution in [0.15, 0.2) is 91.3 Å². The number of aliphatic hydroxyl groups excluding tert-OH is 1. The molecule has 2 atom stereocenters. The Hall–Kier alpha value is -3.88. The monoisotopic (exact) mass is 504 g/mol. The van der Waals surface area contributed by atoms with Gasteiger partial charge in [-0.3, -0.25) is 9.78 Å². The number of hydrogen-bond donors (Lipinski definition) is 4. The molecule has 0 aliphatic carbocycles. The summed E-state index contributed by atoms with van der Waals surface area (Å²) in [6.45, 7) is 0. The summed E-state index contributed by atoms with van der Waals surface area (Å²) in [5.74, 6) is 0.0616. The maximum atomic E-state index is 12.4. The second-order valence-corrected chi connectivity index (χ2v) is 8.63. The van der Waals surface area contributed by atoms with Crippen LogP contribution in [-0.4, -0.2) is 32.0 Å². The Morgan fingerprint density at radius 2 is 1.72 bits per heavy atom. The Balaban J connectivity index is 0.000000233. The van der Waals surface area contributed by atoms with Gasteiger partial charge in [-0.25, -0.2) is 4.39 Å². The minimum absolute atomic E-state index is 0.000673.